The summed E-state index contributed by atoms with van der Waals surface area (Å²) in [6, 6.07) is 10.1. The minimum atomic E-state index is -3.59. The summed E-state index contributed by atoms with van der Waals surface area (Å²) in [5.41, 5.74) is 2.33. The molecule has 1 aliphatic rings. The highest BCUT2D eigenvalue weighted by Gasteiger charge is 2.34. The van der Waals surface area contributed by atoms with E-state index in [1.54, 1.807) is 10.4 Å². The molecule has 9 heteroatoms. The molecule has 3 heterocycles. The van der Waals surface area contributed by atoms with Gasteiger partial charge < -0.3 is 9.42 Å². The zero-order chi connectivity index (χ0) is 21.5. The van der Waals surface area contributed by atoms with Crippen molar-refractivity contribution in [2.45, 2.75) is 45.1 Å². The van der Waals surface area contributed by atoms with Crippen LogP contribution in [0.2, 0.25) is 0 Å². The molecule has 7 nitrogen and oxygen atoms in total. The van der Waals surface area contributed by atoms with Crippen molar-refractivity contribution in [1.29, 1.82) is 0 Å². The van der Waals surface area contributed by atoms with Gasteiger partial charge in [-0.25, -0.2) is 8.42 Å². The zero-order valence-corrected chi connectivity index (χ0v) is 19.3. The molecule has 1 aromatic carbocycles. The summed E-state index contributed by atoms with van der Waals surface area (Å²) in [6.07, 6.45) is 0.644. The molecule has 0 saturated carbocycles. The number of thiophene rings is 1. The summed E-state index contributed by atoms with van der Waals surface area (Å²) in [4.78, 5) is 8.38. The molecule has 1 saturated heterocycles. The fraction of sp³-hybridized carbons (Fsp3) is 0.429. The second kappa shape index (κ2) is 8.13. The Labute approximate surface area is 181 Å². The van der Waals surface area contributed by atoms with Crippen LogP contribution in [-0.4, -0.2) is 48.5 Å². The molecule has 0 spiro atoms. The summed E-state index contributed by atoms with van der Waals surface area (Å²) >= 11 is 1.38. The molecule has 3 aromatic rings. The van der Waals surface area contributed by atoms with E-state index in [2.05, 4.69) is 47.1 Å². The number of hydrogen-bond donors (Lipinski definition) is 0. The van der Waals surface area contributed by atoms with Crippen LogP contribution in [0.1, 0.15) is 30.2 Å². The minimum Gasteiger partial charge on any atom is -0.366 e. The number of benzene rings is 1. The van der Waals surface area contributed by atoms with E-state index >= 15 is 0 Å². The quantitative estimate of drug-likeness (QED) is 0.592. The van der Waals surface area contributed by atoms with Gasteiger partial charge in [0.25, 0.3) is 0 Å². The lowest BCUT2D eigenvalue weighted by Crippen LogP contribution is -2.53. The largest absolute Gasteiger partial charge is 0.366 e. The van der Waals surface area contributed by atoms with Crippen molar-refractivity contribution in [2.24, 2.45) is 0 Å². The van der Waals surface area contributed by atoms with Gasteiger partial charge in [0.05, 0.1) is 9.77 Å². The molecule has 0 aliphatic carbocycles. The van der Waals surface area contributed by atoms with Crippen LogP contribution in [0.4, 0.5) is 5.69 Å². The van der Waals surface area contributed by atoms with Crippen molar-refractivity contribution in [3.8, 4) is 10.7 Å². The Morgan fingerprint density at radius 3 is 2.70 bits per heavy atom. The van der Waals surface area contributed by atoms with E-state index in [1.165, 1.54) is 16.9 Å². The lowest BCUT2D eigenvalue weighted by molar-refractivity contribution is 0.342. The number of piperazine rings is 1. The van der Waals surface area contributed by atoms with Gasteiger partial charge in [0.2, 0.25) is 21.7 Å². The van der Waals surface area contributed by atoms with Crippen molar-refractivity contribution in [2.75, 3.05) is 24.5 Å². The van der Waals surface area contributed by atoms with Gasteiger partial charge in [0.1, 0.15) is 0 Å². The summed E-state index contributed by atoms with van der Waals surface area (Å²) in [7, 11) is -3.59. The van der Waals surface area contributed by atoms with E-state index in [4.69, 9.17) is 4.52 Å². The predicted molar refractivity (Wildman–Crippen MR) is 118 cm³/mol. The van der Waals surface area contributed by atoms with Crippen molar-refractivity contribution in [3.05, 3.63) is 46.7 Å². The second-order valence-electron chi connectivity index (χ2n) is 7.64. The standard InChI is InChI=1S/C21H26N4O3S2/c1-5-20-22-21(23-28-20)18-12-19(16(4)29-18)30(26,27)24-9-10-25(15(3)13-24)17-8-6-7-14(2)11-17/h6-8,11-12,15H,5,9-10,13H2,1-4H3/t15-/m0/s1. The van der Waals surface area contributed by atoms with Crippen molar-refractivity contribution in [3.63, 3.8) is 0 Å². The Balaban J connectivity index is 1.56. The maximum absolute atomic E-state index is 13.4. The highest BCUT2D eigenvalue weighted by Crippen LogP contribution is 2.34. The van der Waals surface area contributed by atoms with E-state index < -0.39 is 10.0 Å². The SMILES string of the molecule is CCc1nc(-c2cc(S(=O)(=O)N3CCN(c4cccc(C)c4)[C@@H](C)C3)c(C)s2)no1. The van der Waals surface area contributed by atoms with Crippen molar-refractivity contribution < 1.29 is 12.9 Å². The lowest BCUT2D eigenvalue weighted by Gasteiger charge is -2.40. The second-order valence-corrected chi connectivity index (χ2v) is 10.8. The van der Waals surface area contributed by atoms with Crippen LogP contribution < -0.4 is 4.90 Å². The number of sulfonamides is 1. The van der Waals surface area contributed by atoms with Gasteiger partial charge in [-0.05, 0) is 44.5 Å². The summed E-state index contributed by atoms with van der Waals surface area (Å²) in [5, 5.41) is 3.98. The molecule has 30 heavy (non-hydrogen) atoms. The molecular formula is C21H26N4O3S2. The third kappa shape index (κ3) is 3.89. The van der Waals surface area contributed by atoms with Gasteiger partial charge in [-0.3, -0.25) is 0 Å². The molecule has 0 N–H and O–H groups in total. The molecule has 1 fully saturated rings. The number of aromatic nitrogens is 2. The third-order valence-corrected chi connectivity index (χ3v) is 8.57. The third-order valence-electron chi connectivity index (χ3n) is 5.40. The molecule has 2 aromatic heterocycles. The molecule has 1 atom stereocenters. The van der Waals surface area contributed by atoms with Crippen molar-refractivity contribution >= 4 is 27.0 Å². The first-order chi connectivity index (χ1) is 14.3. The fourth-order valence-electron chi connectivity index (χ4n) is 3.80. The van der Waals surface area contributed by atoms with Crippen LogP contribution in [0.3, 0.4) is 0 Å². The molecule has 0 bridgehead atoms. The van der Waals surface area contributed by atoms with Crippen LogP contribution in [0, 0.1) is 13.8 Å². The Kier molecular flexibility index (Phi) is 5.69. The first-order valence-corrected chi connectivity index (χ1v) is 12.3. The van der Waals surface area contributed by atoms with Gasteiger partial charge in [0, 0.05) is 42.7 Å². The van der Waals surface area contributed by atoms with Crippen LogP contribution in [0.15, 0.2) is 39.8 Å². The zero-order valence-electron chi connectivity index (χ0n) is 17.6. The lowest BCUT2D eigenvalue weighted by atomic mass is 10.1. The first kappa shape index (κ1) is 21.0. The Morgan fingerprint density at radius 2 is 2.03 bits per heavy atom. The Morgan fingerprint density at radius 1 is 1.23 bits per heavy atom. The highest BCUT2D eigenvalue weighted by atomic mass is 32.2. The van der Waals surface area contributed by atoms with Crippen LogP contribution in [-0.2, 0) is 16.4 Å². The number of anilines is 1. The molecule has 160 valence electrons. The van der Waals surface area contributed by atoms with Crippen LogP contribution in [0.5, 0.6) is 0 Å². The number of rotatable bonds is 5. The van der Waals surface area contributed by atoms with Gasteiger partial charge in [-0.2, -0.15) is 9.29 Å². The number of nitrogens with zero attached hydrogens (tertiary/aromatic N) is 4. The van der Waals surface area contributed by atoms with Crippen molar-refractivity contribution in [1.82, 2.24) is 14.4 Å². The molecule has 0 unspecified atom stereocenters. The van der Waals surface area contributed by atoms with E-state index in [9.17, 15) is 8.42 Å². The van der Waals surface area contributed by atoms with E-state index in [0.717, 1.165) is 10.6 Å². The maximum Gasteiger partial charge on any atom is 0.244 e. The van der Waals surface area contributed by atoms with E-state index in [1.807, 2.05) is 19.9 Å². The topological polar surface area (TPSA) is 79.5 Å². The highest BCUT2D eigenvalue weighted by molar-refractivity contribution is 7.89. The monoisotopic (exact) mass is 446 g/mol. The summed E-state index contributed by atoms with van der Waals surface area (Å²) in [6.45, 7) is 9.46. The molecule has 1 aliphatic heterocycles. The van der Waals surface area contributed by atoms with Crippen LogP contribution >= 0.6 is 11.3 Å². The van der Waals surface area contributed by atoms with Crippen LogP contribution in [0.25, 0.3) is 10.7 Å². The minimum absolute atomic E-state index is 0.0815. The van der Waals surface area contributed by atoms with Gasteiger partial charge >= 0.3 is 0 Å². The predicted octanol–water partition coefficient (Wildman–Crippen LogP) is 3.88. The Bertz CT molecular complexity index is 1150. The normalized spacial score (nSPS) is 18.1. The number of hydrogen-bond acceptors (Lipinski definition) is 7. The molecular weight excluding hydrogens is 420 g/mol. The molecule has 0 radical (unpaired) electrons. The van der Waals surface area contributed by atoms with Gasteiger partial charge in [-0.15, -0.1) is 11.3 Å². The number of aryl methyl sites for hydroxylation is 3. The molecule has 4 rings (SSSR count). The average molecular weight is 447 g/mol. The van der Waals surface area contributed by atoms with E-state index in [0.29, 0.717) is 47.5 Å². The smallest absolute Gasteiger partial charge is 0.244 e. The average Bonchev–Trinajstić information content (AvgIpc) is 3.34. The maximum atomic E-state index is 13.4. The summed E-state index contributed by atoms with van der Waals surface area (Å²) < 4.78 is 33.6. The molecule has 0 amide bonds. The Hall–Kier alpha value is -2.23. The first-order valence-electron chi connectivity index (χ1n) is 10.1. The fourth-order valence-corrected chi connectivity index (χ4v) is 6.80. The summed E-state index contributed by atoms with van der Waals surface area (Å²) in [5.74, 6) is 0.987. The van der Waals surface area contributed by atoms with Gasteiger partial charge in [-0.1, -0.05) is 24.2 Å². The van der Waals surface area contributed by atoms with E-state index in [-0.39, 0.29) is 6.04 Å². The van der Waals surface area contributed by atoms with Gasteiger partial charge in [0.15, 0.2) is 0 Å².